The van der Waals surface area contributed by atoms with Crippen LogP contribution in [0.25, 0.3) is 0 Å². The number of hydrogen-bond donors (Lipinski definition) is 0. The highest BCUT2D eigenvalue weighted by Crippen LogP contribution is 2.37. The Morgan fingerprint density at radius 1 is 1.35 bits per heavy atom. The standard InChI is InChI=1S/C12H14BrF3O/c1-3-8(2)17-11-5-4-9(7-13)6-10(11)12(14,15)16/h4-6,8H,3,7H2,1-2H3. The van der Waals surface area contributed by atoms with Crippen molar-refractivity contribution in [1.29, 1.82) is 0 Å². The second-order valence-corrected chi connectivity index (χ2v) is 4.36. The third-order valence-electron chi connectivity index (χ3n) is 2.41. The molecule has 5 heteroatoms. The second-order valence-electron chi connectivity index (χ2n) is 3.80. The van der Waals surface area contributed by atoms with Crippen LogP contribution in [0.1, 0.15) is 31.4 Å². The highest BCUT2D eigenvalue weighted by molar-refractivity contribution is 9.08. The van der Waals surface area contributed by atoms with Crippen LogP contribution >= 0.6 is 15.9 Å². The molecule has 0 aromatic heterocycles. The smallest absolute Gasteiger partial charge is 0.419 e. The van der Waals surface area contributed by atoms with Crippen molar-refractivity contribution < 1.29 is 17.9 Å². The molecule has 1 atom stereocenters. The van der Waals surface area contributed by atoms with Crippen LogP contribution in [0.4, 0.5) is 13.2 Å². The number of halogens is 4. The lowest BCUT2D eigenvalue weighted by Gasteiger charge is -2.18. The summed E-state index contributed by atoms with van der Waals surface area (Å²) in [5.74, 6) is -0.100. The first kappa shape index (κ1) is 14.4. The summed E-state index contributed by atoms with van der Waals surface area (Å²) in [6.45, 7) is 3.61. The van der Waals surface area contributed by atoms with Crippen LogP contribution in [0.3, 0.4) is 0 Å². The fourth-order valence-corrected chi connectivity index (χ4v) is 1.63. The molecule has 0 radical (unpaired) electrons. The third kappa shape index (κ3) is 3.91. The Labute approximate surface area is 107 Å². The Hall–Kier alpha value is -0.710. The zero-order valence-corrected chi connectivity index (χ0v) is 11.2. The first-order valence-corrected chi connectivity index (χ1v) is 6.43. The van der Waals surface area contributed by atoms with Crippen LogP contribution in [0, 0.1) is 0 Å². The molecule has 1 rings (SSSR count). The van der Waals surface area contributed by atoms with Gasteiger partial charge in [0.2, 0.25) is 0 Å². The van der Waals surface area contributed by atoms with Crippen molar-refractivity contribution in [2.45, 2.75) is 37.9 Å². The zero-order valence-electron chi connectivity index (χ0n) is 9.64. The van der Waals surface area contributed by atoms with E-state index in [0.717, 1.165) is 6.07 Å². The van der Waals surface area contributed by atoms with E-state index < -0.39 is 11.7 Å². The van der Waals surface area contributed by atoms with Gasteiger partial charge in [0.1, 0.15) is 5.75 Å². The highest BCUT2D eigenvalue weighted by Gasteiger charge is 2.34. The molecule has 96 valence electrons. The normalized spacial score (nSPS) is 13.5. The third-order valence-corrected chi connectivity index (χ3v) is 3.05. The average molecular weight is 311 g/mol. The summed E-state index contributed by atoms with van der Waals surface area (Å²) in [6.07, 6.45) is -3.95. The van der Waals surface area contributed by atoms with Gasteiger partial charge in [0.25, 0.3) is 0 Å². The molecule has 0 spiro atoms. The molecule has 0 bridgehead atoms. The summed E-state index contributed by atoms with van der Waals surface area (Å²) in [5, 5.41) is 0.389. The van der Waals surface area contributed by atoms with Crippen molar-refractivity contribution in [3.63, 3.8) is 0 Å². The zero-order chi connectivity index (χ0) is 13.1. The molecule has 0 amide bonds. The van der Waals surface area contributed by atoms with Crippen LogP contribution in [-0.4, -0.2) is 6.10 Å². The van der Waals surface area contributed by atoms with Crippen molar-refractivity contribution in [3.8, 4) is 5.75 Å². The van der Waals surface area contributed by atoms with Crippen LogP contribution < -0.4 is 4.74 Å². The van der Waals surface area contributed by atoms with Gasteiger partial charge in [-0.05, 0) is 31.0 Å². The van der Waals surface area contributed by atoms with Gasteiger partial charge in [-0.1, -0.05) is 28.9 Å². The molecular weight excluding hydrogens is 297 g/mol. The number of hydrogen-bond acceptors (Lipinski definition) is 1. The fraction of sp³-hybridized carbons (Fsp3) is 0.500. The van der Waals surface area contributed by atoms with E-state index in [9.17, 15) is 13.2 Å². The molecule has 0 saturated carbocycles. The van der Waals surface area contributed by atoms with Gasteiger partial charge in [0, 0.05) is 5.33 Å². The largest absolute Gasteiger partial charge is 0.490 e. The van der Waals surface area contributed by atoms with E-state index in [-0.39, 0.29) is 11.9 Å². The molecule has 1 nitrogen and oxygen atoms in total. The minimum atomic E-state index is -4.39. The van der Waals surface area contributed by atoms with E-state index in [1.165, 1.54) is 6.07 Å². The lowest BCUT2D eigenvalue weighted by atomic mass is 10.1. The molecule has 1 aromatic rings. The van der Waals surface area contributed by atoms with E-state index in [0.29, 0.717) is 17.3 Å². The number of benzene rings is 1. The van der Waals surface area contributed by atoms with E-state index in [1.807, 2.05) is 6.92 Å². The Bertz CT molecular complexity index is 377. The van der Waals surface area contributed by atoms with Gasteiger partial charge in [0.05, 0.1) is 11.7 Å². The van der Waals surface area contributed by atoms with Crippen molar-refractivity contribution in [2.75, 3.05) is 0 Å². The SMILES string of the molecule is CCC(C)Oc1ccc(CBr)cc1C(F)(F)F. The quantitative estimate of drug-likeness (QED) is 0.727. The number of rotatable bonds is 4. The van der Waals surface area contributed by atoms with Gasteiger partial charge >= 0.3 is 6.18 Å². The molecule has 0 aliphatic heterocycles. The summed E-state index contributed by atoms with van der Waals surface area (Å²) in [5.41, 5.74) is -0.136. The molecule has 0 aliphatic carbocycles. The molecule has 1 unspecified atom stereocenters. The van der Waals surface area contributed by atoms with E-state index >= 15 is 0 Å². The predicted molar refractivity (Wildman–Crippen MR) is 64.5 cm³/mol. The van der Waals surface area contributed by atoms with Gasteiger partial charge in [-0.3, -0.25) is 0 Å². The maximum Gasteiger partial charge on any atom is 0.419 e. The molecule has 0 fully saturated rings. The first-order chi connectivity index (χ1) is 7.88. The van der Waals surface area contributed by atoms with E-state index in [1.54, 1.807) is 13.0 Å². The monoisotopic (exact) mass is 310 g/mol. The summed E-state index contributed by atoms with van der Waals surface area (Å²) in [6, 6.07) is 4.12. The minimum absolute atomic E-state index is 0.100. The number of ether oxygens (including phenoxy) is 1. The molecule has 0 saturated heterocycles. The Morgan fingerprint density at radius 2 is 2.00 bits per heavy atom. The maximum atomic E-state index is 12.8. The Kier molecular flexibility index (Phi) is 4.86. The molecule has 1 aromatic carbocycles. The van der Waals surface area contributed by atoms with Crippen LogP contribution in [0.5, 0.6) is 5.75 Å². The van der Waals surface area contributed by atoms with Gasteiger partial charge in [-0.15, -0.1) is 0 Å². The summed E-state index contributed by atoms with van der Waals surface area (Å²) in [7, 11) is 0. The lowest BCUT2D eigenvalue weighted by molar-refractivity contribution is -0.139. The van der Waals surface area contributed by atoms with Crippen molar-refractivity contribution in [2.24, 2.45) is 0 Å². The second kappa shape index (κ2) is 5.76. The average Bonchev–Trinajstić information content (AvgIpc) is 2.28. The summed E-state index contributed by atoms with van der Waals surface area (Å²) >= 11 is 3.14. The fourth-order valence-electron chi connectivity index (χ4n) is 1.28. The predicted octanol–water partition coefficient (Wildman–Crippen LogP) is 4.78. The van der Waals surface area contributed by atoms with Gasteiger partial charge in [-0.2, -0.15) is 13.2 Å². The topological polar surface area (TPSA) is 9.23 Å². The van der Waals surface area contributed by atoms with Gasteiger partial charge < -0.3 is 4.74 Å². The number of alkyl halides is 4. The van der Waals surface area contributed by atoms with Crippen LogP contribution in [-0.2, 0) is 11.5 Å². The summed E-state index contributed by atoms with van der Waals surface area (Å²) < 4.78 is 43.8. The lowest BCUT2D eigenvalue weighted by Crippen LogP contribution is -2.15. The molecule has 0 N–H and O–H groups in total. The van der Waals surface area contributed by atoms with Gasteiger partial charge in [0.15, 0.2) is 0 Å². The van der Waals surface area contributed by atoms with Gasteiger partial charge in [-0.25, -0.2) is 0 Å². The molecular formula is C12H14BrF3O. The molecule has 0 heterocycles. The van der Waals surface area contributed by atoms with Crippen LogP contribution in [0.2, 0.25) is 0 Å². The van der Waals surface area contributed by atoms with Crippen molar-refractivity contribution in [1.82, 2.24) is 0 Å². The van der Waals surface area contributed by atoms with E-state index in [4.69, 9.17) is 4.74 Å². The maximum absolute atomic E-state index is 12.8. The Morgan fingerprint density at radius 3 is 2.47 bits per heavy atom. The van der Waals surface area contributed by atoms with Crippen molar-refractivity contribution in [3.05, 3.63) is 29.3 Å². The van der Waals surface area contributed by atoms with Crippen LogP contribution in [0.15, 0.2) is 18.2 Å². The molecule has 0 aliphatic rings. The van der Waals surface area contributed by atoms with Crippen molar-refractivity contribution >= 4 is 15.9 Å². The highest BCUT2D eigenvalue weighted by atomic mass is 79.9. The first-order valence-electron chi connectivity index (χ1n) is 5.31. The van der Waals surface area contributed by atoms with E-state index in [2.05, 4.69) is 15.9 Å². The minimum Gasteiger partial charge on any atom is -0.490 e. The Balaban J connectivity index is 3.11. The molecule has 17 heavy (non-hydrogen) atoms. The summed E-state index contributed by atoms with van der Waals surface area (Å²) in [4.78, 5) is 0.